The molecular weight excluding hydrogens is 406 g/mol. The van der Waals surface area contributed by atoms with Gasteiger partial charge in [0.25, 0.3) is 0 Å². The van der Waals surface area contributed by atoms with E-state index < -0.39 is 10.0 Å². The zero-order chi connectivity index (χ0) is 20.0. The molecule has 5 rings (SSSR count). The molecule has 1 aromatic heterocycles. The van der Waals surface area contributed by atoms with Crippen molar-refractivity contribution in [3.05, 3.63) is 82.0 Å². The van der Waals surface area contributed by atoms with E-state index in [0.29, 0.717) is 5.69 Å². The number of nitrogens with zero attached hydrogens (tertiary/aromatic N) is 2. The van der Waals surface area contributed by atoms with Gasteiger partial charge in [0.2, 0.25) is 16.3 Å². The van der Waals surface area contributed by atoms with Crippen LogP contribution in [0.3, 0.4) is 0 Å². The van der Waals surface area contributed by atoms with Gasteiger partial charge in [-0.05, 0) is 35.2 Å². The van der Waals surface area contributed by atoms with E-state index in [2.05, 4.69) is 16.9 Å². The number of hydrogen-bond donors (Lipinski definition) is 1. The van der Waals surface area contributed by atoms with Crippen LogP contribution < -0.4 is 9.46 Å². The molecule has 0 spiro atoms. The fourth-order valence-electron chi connectivity index (χ4n) is 3.80. The Hall–Kier alpha value is -2.84. The van der Waals surface area contributed by atoms with Gasteiger partial charge in [0, 0.05) is 17.7 Å². The van der Waals surface area contributed by atoms with Crippen LogP contribution in [0, 0.1) is 0 Å². The second-order valence-electron chi connectivity index (χ2n) is 7.13. The van der Waals surface area contributed by atoms with Crippen molar-refractivity contribution in [3.63, 3.8) is 0 Å². The standard InChI is InChI=1S/C21H19N3O3S2/c1-29(25,26)23-15-7-4-6-14(12-15)17-13-18-16-8-2-3-9-19(16)27-21(24(18)22-17)20-10-5-11-28-20/h2-12,18,21,23H,13H2,1H3/t18-,21+/m1/s1. The molecule has 0 amide bonds. The highest BCUT2D eigenvalue weighted by molar-refractivity contribution is 7.92. The van der Waals surface area contributed by atoms with Crippen LogP contribution in [-0.4, -0.2) is 25.4 Å². The fraction of sp³-hybridized carbons (Fsp3) is 0.190. The van der Waals surface area contributed by atoms with Gasteiger partial charge in [0.05, 0.1) is 22.9 Å². The summed E-state index contributed by atoms with van der Waals surface area (Å²) in [6.45, 7) is 0. The number of sulfonamides is 1. The third kappa shape index (κ3) is 3.49. The number of rotatable bonds is 4. The largest absolute Gasteiger partial charge is 0.464 e. The van der Waals surface area contributed by atoms with Crippen molar-refractivity contribution in [2.45, 2.75) is 18.7 Å². The van der Waals surface area contributed by atoms with Gasteiger partial charge < -0.3 is 4.74 Å². The molecule has 0 fully saturated rings. The molecule has 0 saturated heterocycles. The maximum atomic E-state index is 11.6. The lowest BCUT2D eigenvalue weighted by Gasteiger charge is -2.37. The first-order chi connectivity index (χ1) is 14.0. The summed E-state index contributed by atoms with van der Waals surface area (Å²) >= 11 is 1.65. The summed E-state index contributed by atoms with van der Waals surface area (Å²) in [5.74, 6) is 0.885. The van der Waals surface area contributed by atoms with Crippen LogP contribution >= 0.6 is 11.3 Å². The molecule has 2 aliphatic heterocycles. The number of para-hydroxylation sites is 1. The Morgan fingerprint density at radius 3 is 2.79 bits per heavy atom. The van der Waals surface area contributed by atoms with Crippen LogP contribution in [0.2, 0.25) is 0 Å². The Labute approximate surface area is 173 Å². The van der Waals surface area contributed by atoms with E-state index in [4.69, 9.17) is 9.84 Å². The molecule has 3 heterocycles. The summed E-state index contributed by atoms with van der Waals surface area (Å²) in [4.78, 5) is 1.10. The predicted molar refractivity (Wildman–Crippen MR) is 115 cm³/mol. The first kappa shape index (κ1) is 18.2. The summed E-state index contributed by atoms with van der Waals surface area (Å²) in [5.41, 5.74) is 3.46. The SMILES string of the molecule is CS(=O)(=O)Nc1cccc(C2=NN3[C@H](C2)c2ccccc2O[C@H]3c2cccs2)c1. The minimum absolute atomic E-state index is 0.0774. The van der Waals surface area contributed by atoms with Crippen molar-refractivity contribution in [1.29, 1.82) is 0 Å². The highest BCUT2D eigenvalue weighted by Crippen LogP contribution is 2.48. The Bertz CT molecular complexity index is 1190. The van der Waals surface area contributed by atoms with Gasteiger partial charge in [0.15, 0.2) is 0 Å². The van der Waals surface area contributed by atoms with Gasteiger partial charge in [0.1, 0.15) is 5.75 Å². The molecule has 8 heteroatoms. The lowest BCUT2D eigenvalue weighted by atomic mass is 9.96. The van der Waals surface area contributed by atoms with Crippen LogP contribution in [0.4, 0.5) is 5.69 Å². The van der Waals surface area contributed by atoms with Gasteiger partial charge in [-0.1, -0.05) is 36.4 Å². The molecule has 1 N–H and O–H groups in total. The Kier molecular flexibility index (Phi) is 4.33. The van der Waals surface area contributed by atoms with E-state index in [1.165, 1.54) is 0 Å². The van der Waals surface area contributed by atoms with Crippen molar-refractivity contribution in [1.82, 2.24) is 5.01 Å². The number of anilines is 1. The predicted octanol–water partition coefficient (Wildman–Crippen LogP) is 4.36. The monoisotopic (exact) mass is 425 g/mol. The summed E-state index contributed by atoms with van der Waals surface area (Å²) < 4.78 is 32.0. The highest BCUT2D eigenvalue weighted by atomic mass is 32.2. The van der Waals surface area contributed by atoms with E-state index in [-0.39, 0.29) is 12.3 Å². The van der Waals surface area contributed by atoms with E-state index in [1.54, 1.807) is 17.4 Å². The Morgan fingerprint density at radius 1 is 1.14 bits per heavy atom. The van der Waals surface area contributed by atoms with Gasteiger partial charge >= 0.3 is 0 Å². The number of thiophene rings is 1. The average molecular weight is 426 g/mol. The minimum Gasteiger partial charge on any atom is -0.464 e. The first-order valence-electron chi connectivity index (χ1n) is 9.21. The summed E-state index contributed by atoms with van der Waals surface area (Å²) in [6, 6.07) is 19.6. The molecular formula is C21H19N3O3S2. The van der Waals surface area contributed by atoms with Crippen LogP contribution in [0.25, 0.3) is 0 Å². The molecule has 2 aromatic carbocycles. The summed E-state index contributed by atoms with van der Waals surface area (Å²) in [7, 11) is -3.34. The smallest absolute Gasteiger partial charge is 0.229 e. The number of hydrogen-bond acceptors (Lipinski definition) is 6. The Morgan fingerprint density at radius 2 is 2.00 bits per heavy atom. The second-order valence-corrected chi connectivity index (χ2v) is 9.85. The Balaban J connectivity index is 1.54. The van der Waals surface area contributed by atoms with Crippen molar-refractivity contribution >= 4 is 32.8 Å². The van der Waals surface area contributed by atoms with Crippen molar-refractivity contribution in [2.75, 3.05) is 11.0 Å². The second kappa shape index (κ2) is 6.89. The molecule has 0 unspecified atom stereocenters. The van der Waals surface area contributed by atoms with Gasteiger partial charge in [-0.15, -0.1) is 11.3 Å². The zero-order valence-corrected chi connectivity index (χ0v) is 17.3. The minimum atomic E-state index is -3.34. The topological polar surface area (TPSA) is 71.0 Å². The van der Waals surface area contributed by atoms with Gasteiger partial charge in [-0.3, -0.25) is 4.72 Å². The maximum absolute atomic E-state index is 11.6. The molecule has 29 heavy (non-hydrogen) atoms. The number of ether oxygens (including phenoxy) is 1. The van der Waals surface area contributed by atoms with E-state index >= 15 is 0 Å². The number of fused-ring (bicyclic) bond motifs is 3. The normalized spacial score (nSPS) is 20.4. The van der Waals surface area contributed by atoms with Gasteiger partial charge in [-0.2, -0.15) is 5.10 Å². The van der Waals surface area contributed by atoms with E-state index in [0.717, 1.165) is 40.1 Å². The summed E-state index contributed by atoms with van der Waals surface area (Å²) in [5, 5.41) is 8.97. The van der Waals surface area contributed by atoms with Gasteiger partial charge in [-0.25, -0.2) is 13.4 Å². The number of nitrogens with one attached hydrogen (secondary N) is 1. The van der Waals surface area contributed by atoms with E-state index in [1.807, 2.05) is 52.9 Å². The first-order valence-corrected chi connectivity index (χ1v) is 12.0. The fourth-order valence-corrected chi connectivity index (χ4v) is 5.10. The zero-order valence-electron chi connectivity index (χ0n) is 15.6. The van der Waals surface area contributed by atoms with Crippen LogP contribution in [0.15, 0.2) is 71.1 Å². The highest BCUT2D eigenvalue weighted by Gasteiger charge is 2.41. The quantitative estimate of drug-likeness (QED) is 0.674. The van der Waals surface area contributed by atoms with Crippen molar-refractivity contribution in [2.24, 2.45) is 5.10 Å². The molecule has 0 bridgehead atoms. The molecule has 2 aliphatic rings. The van der Waals surface area contributed by atoms with E-state index in [9.17, 15) is 8.42 Å². The van der Waals surface area contributed by atoms with Crippen LogP contribution in [0.5, 0.6) is 5.75 Å². The average Bonchev–Trinajstić information content (AvgIpc) is 3.36. The number of hydrazone groups is 1. The van der Waals surface area contributed by atoms with Crippen molar-refractivity contribution < 1.29 is 13.2 Å². The maximum Gasteiger partial charge on any atom is 0.229 e. The molecule has 148 valence electrons. The van der Waals surface area contributed by atoms with Crippen molar-refractivity contribution in [3.8, 4) is 5.75 Å². The third-order valence-corrected chi connectivity index (χ3v) is 6.49. The number of benzene rings is 2. The van der Waals surface area contributed by atoms with Crippen LogP contribution in [-0.2, 0) is 10.0 Å². The van der Waals surface area contributed by atoms with Crippen LogP contribution in [0.1, 0.15) is 34.7 Å². The lowest BCUT2D eigenvalue weighted by molar-refractivity contribution is -0.0165. The molecule has 0 aliphatic carbocycles. The summed E-state index contributed by atoms with van der Waals surface area (Å²) in [6.07, 6.45) is 1.60. The molecule has 3 aromatic rings. The molecule has 6 nitrogen and oxygen atoms in total. The molecule has 0 saturated carbocycles. The third-order valence-electron chi connectivity index (χ3n) is 4.98. The lowest BCUT2D eigenvalue weighted by Crippen LogP contribution is -2.33. The molecule has 2 atom stereocenters. The molecule has 0 radical (unpaired) electrons.